The van der Waals surface area contributed by atoms with Gasteiger partial charge >= 0.3 is 6.09 Å². The smallest absolute Gasteiger partial charge is 0.432 e. The molecule has 0 rings (SSSR count). The number of carbonyl (C=O) groups is 1. The van der Waals surface area contributed by atoms with E-state index in [0.717, 1.165) is 6.26 Å². The Morgan fingerprint density at radius 1 is 1.50 bits per heavy atom. The van der Waals surface area contributed by atoms with Crippen molar-refractivity contribution in [3.63, 3.8) is 0 Å². The highest BCUT2D eigenvalue weighted by atomic mass is 32.2. The number of rotatable bonds is 3. The summed E-state index contributed by atoms with van der Waals surface area (Å²) in [5.41, 5.74) is 0. The molecule has 0 aliphatic heterocycles. The standard InChI is InChI=1S/C5H11NO5S/c1-4(2)6(5(7)8)11-12(3,9)10/h4H,1-3H3,(H,7,8). The van der Waals surface area contributed by atoms with Crippen molar-refractivity contribution in [2.75, 3.05) is 6.26 Å². The molecule has 6 nitrogen and oxygen atoms in total. The highest BCUT2D eigenvalue weighted by Gasteiger charge is 2.21. The zero-order valence-corrected chi connectivity index (χ0v) is 7.83. The van der Waals surface area contributed by atoms with Crippen LogP contribution < -0.4 is 0 Å². The van der Waals surface area contributed by atoms with Gasteiger partial charge in [-0.2, -0.15) is 13.5 Å². The lowest BCUT2D eigenvalue weighted by Crippen LogP contribution is -2.37. The summed E-state index contributed by atoms with van der Waals surface area (Å²) in [5, 5.41) is 8.81. The van der Waals surface area contributed by atoms with E-state index in [1.165, 1.54) is 13.8 Å². The average molecular weight is 197 g/mol. The van der Waals surface area contributed by atoms with Gasteiger partial charge in [0.2, 0.25) is 0 Å². The minimum Gasteiger partial charge on any atom is -0.463 e. The highest BCUT2D eigenvalue weighted by molar-refractivity contribution is 7.85. The van der Waals surface area contributed by atoms with Gasteiger partial charge in [0, 0.05) is 0 Å². The monoisotopic (exact) mass is 197 g/mol. The van der Waals surface area contributed by atoms with Gasteiger partial charge in [-0.1, -0.05) is 0 Å². The lowest BCUT2D eigenvalue weighted by Gasteiger charge is -2.19. The molecule has 1 amide bonds. The van der Waals surface area contributed by atoms with E-state index >= 15 is 0 Å². The summed E-state index contributed by atoms with van der Waals surface area (Å²) in [7, 11) is -3.77. The molecule has 0 unspecified atom stereocenters. The second-order valence-electron chi connectivity index (χ2n) is 2.48. The van der Waals surface area contributed by atoms with E-state index in [0.29, 0.717) is 5.06 Å². The minimum absolute atomic E-state index is 0.370. The minimum atomic E-state index is -3.77. The third-order valence-electron chi connectivity index (χ3n) is 0.873. The van der Waals surface area contributed by atoms with Crippen LogP contribution in [-0.4, -0.2) is 37.0 Å². The van der Waals surface area contributed by atoms with Crippen LogP contribution in [0.1, 0.15) is 13.8 Å². The Balaban J connectivity index is 4.46. The van der Waals surface area contributed by atoms with Gasteiger partial charge in [0.15, 0.2) is 0 Å². The van der Waals surface area contributed by atoms with Gasteiger partial charge < -0.3 is 5.11 Å². The summed E-state index contributed by atoms with van der Waals surface area (Å²) in [4.78, 5) is 10.4. The third kappa shape index (κ3) is 4.14. The summed E-state index contributed by atoms with van der Waals surface area (Å²) in [5.74, 6) is 0. The predicted molar refractivity (Wildman–Crippen MR) is 40.9 cm³/mol. The molecular formula is C5H11NO5S. The van der Waals surface area contributed by atoms with Crippen LogP contribution in [0, 0.1) is 0 Å². The summed E-state index contributed by atoms with van der Waals surface area (Å²) >= 11 is 0. The Hall–Kier alpha value is -0.820. The van der Waals surface area contributed by atoms with Crippen LogP contribution in [0.3, 0.4) is 0 Å². The fourth-order valence-corrected chi connectivity index (χ4v) is 1.01. The van der Waals surface area contributed by atoms with Crippen molar-refractivity contribution in [1.82, 2.24) is 5.06 Å². The first kappa shape index (κ1) is 11.2. The Labute approximate surface area is 70.8 Å². The summed E-state index contributed by atoms with van der Waals surface area (Å²) in [6, 6.07) is -0.544. The van der Waals surface area contributed by atoms with Gasteiger partial charge in [-0.15, -0.1) is 4.28 Å². The molecule has 0 saturated carbocycles. The van der Waals surface area contributed by atoms with E-state index < -0.39 is 22.3 Å². The molecule has 0 bridgehead atoms. The lowest BCUT2D eigenvalue weighted by atomic mass is 10.4. The first-order chi connectivity index (χ1) is 5.24. The van der Waals surface area contributed by atoms with E-state index in [2.05, 4.69) is 4.28 Å². The number of amides is 1. The van der Waals surface area contributed by atoms with Crippen molar-refractivity contribution in [3.8, 4) is 0 Å². The lowest BCUT2D eigenvalue weighted by molar-refractivity contribution is -0.0523. The molecule has 0 aromatic carbocycles. The number of carboxylic acid groups (broad SMARTS) is 1. The molecule has 0 spiro atoms. The Kier molecular flexibility index (Phi) is 3.47. The van der Waals surface area contributed by atoms with E-state index in [-0.39, 0.29) is 0 Å². The predicted octanol–water partition coefficient (Wildman–Crippen LogP) is 0.266. The Bertz CT molecular complexity index is 257. The summed E-state index contributed by atoms with van der Waals surface area (Å²) in [6.07, 6.45) is -0.652. The quantitative estimate of drug-likeness (QED) is 0.656. The molecule has 0 atom stereocenters. The van der Waals surface area contributed by atoms with Gasteiger partial charge in [-0.3, -0.25) is 0 Å². The van der Waals surface area contributed by atoms with Crippen LogP contribution in [0.5, 0.6) is 0 Å². The van der Waals surface area contributed by atoms with Crippen LogP contribution >= 0.6 is 0 Å². The van der Waals surface area contributed by atoms with Gasteiger partial charge in [0.05, 0.1) is 12.3 Å². The molecule has 0 aliphatic rings. The normalized spacial score (nSPS) is 11.7. The van der Waals surface area contributed by atoms with Crippen LogP contribution in [0.4, 0.5) is 4.79 Å². The molecule has 0 aromatic heterocycles. The van der Waals surface area contributed by atoms with Crippen molar-refractivity contribution >= 4 is 16.2 Å². The van der Waals surface area contributed by atoms with Crippen LogP contribution in [0.25, 0.3) is 0 Å². The molecule has 0 aliphatic carbocycles. The SMILES string of the molecule is CC(C)N(OS(C)(=O)=O)C(=O)O. The van der Waals surface area contributed by atoms with Crippen molar-refractivity contribution in [2.24, 2.45) is 0 Å². The second kappa shape index (κ2) is 3.72. The van der Waals surface area contributed by atoms with E-state index in [1.807, 2.05) is 0 Å². The maximum absolute atomic E-state index is 10.5. The molecular weight excluding hydrogens is 186 g/mol. The average Bonchev–Trinajstić information content (AvgIpc) is 1.79. The fourth-order valence-electron chi connectivity index (χ4n) is 0.485. The molecule has 12 heavy (non-hydrogen) atoms. The molecule has 0 fully saturated rings. The molecule has 1 N–H and O–H groups in total. The first-order valence-electron chi connectivity index (χ1n) is 3.16. The molecule has 0 saturated heterocycles. The van der Waals surface area contributed by atoms with E-state index in [1.54, 1.807) is 0 Å². The summed E-state index contributed by atoms with van der Waals surface area (Å²) < 4.78 is 25.2. The molecule has 0 radical (unpaired) electrons. The second-order valence-corrected chi connectivity index (χ2v) is 4.04. The van der Waals surface area contributed by atoms with Crippen molar-refractivity contribution in [1.29, 1.82) is 0 Å². The van der Waals surface area contributed by atoms with Crippen LogP contribution in [0.2, 0.25) is 0 Å². The van der Waals surface area contributed by atoms with Crippen LogP contribution in [0.15, 0.2) is 0 Å². The maximum atomic E-state index is 10.5. The molecule has 72 valence electrons. The molecule has 0 aromatic rings. The third-order valence-corrected chi connectivity index (χ3v) is 1.30. The Morgan fingerprint density at radius 2 is 1.92 bits per heavy atom. The van der Waals surface area contributed by atoms with E-state index in [9.17, 15) is 13.2 Å². The zero-order valence-electron chi connectivity index (χ0n) is 7.01. The molecule has 7 heteroatoms. The number of hydrogen-bond donors (Lipinski definition) is 1. The number of nitrogens with zero attached hydrogens (tertiary/aromatic N) is 1. The van der Waals surface area contributed by atoms with Gasteiger partial charge in [0.25, 0.3) is 10.1 Å². The van der Waals surface area contributed by atoms with Gasteiger partial charge in [-0.25, -0.2) is 4.79 Å². The number of hydrogen-bond acceptors (Lipinski definition) is 4. The van der Waals surface area contributed by atoms with Gasteiger partial charge in [0.1, 0.15) is 0 Å². The van der Waals surface area contributed by atoms with Crippen molar-refractivity contribution in [3.05, 3.63) is 0 Å². The van der Waals surface area contributed by atoms with Gasteiger partial charge in [-0.05, 0) is 13.8 Å². The highest BCUT2D eigenvalue weighted by Crippen LogP contribution is 2.03. The maximum Gasteiger partial charge on any atom is 0.432 e. The van der Waals surface area contributed by atoms with E-state index in [4.69, 9.17) is 5.11 Å². The zero-order chi connectivity index (χ0) is 9.94. The van der Waals surface area contributed by atoms with Crippen molar-refractivity contribution < 1.29 is 22.6 Å². The summed E-state index contributed by atoms with van der Waals surface area (Å²) in [6.45, 7) is 3.00. The Morgan fingerprint density at radius 3 is 2.00 bits per heavy atom. The number of hydroxylamine groups is 2. The van der Waals surface area contributed by atoms with Crippen LogP contribution in [-0.2, 0) is 14.4 Å². The molecule has 0 heterocycles. The fraction of sp³-hybridized carbons (Fsp3) is 0.800. The topological polar surface area (TPSA) is 83.9 Å². The van der Waals surface area contributed by atoms with Crippen molar-refractivity contribution in [2.45, 2.75) is 19.9 Å². The largest absolute Gasteiger partial charge is 0.463 e. The first-order valence-corrected chi connectivity index (χ1v) is 4.97.